The van der Waals surface area contributed by atoms with Crippen LogP contribution in [-0.4, -0.2) is 29.3 Å². The third-order valence-corrected chi connectivity index (χ3v) is 7.17. The summed E-state index contributed by atoms with van der Waals surface area (Å²) in [5.41, 5.74) is 6.43. The van der Waals surface area contributed by atoms with Crippen LogP contribution in [0.15, 0.2) is 77.9 Å². The molecule has 35 heavy (non-hydrogen) atoms. The molecule has 0 fully saturated rings. The molecular weight excluding hydrogens is 434 g/mol. The van der Waals surface area contributed by atoms with Crippen LogP contribution in [0.3, 0.4) is 0 Å². The fourth-order valence-corrected chi connectivity index (χ4v) is 5.42. The highest BCUT2D eigenvalue weighted by molar-refractivity contribution is 5.91. The van der Waals surface area contributed by atoms with Crippen LogP contribution in [0.25, 0.3) is 0 Å². The van der Waals surface area contributed by atoms with E-state index in [1.165, 1.54) is 11.3 Å². The van der Waals surface area contributed by atoms with Crippen molar-refractivity contribution in [3.05, 3.63) is 101 Å². The minimum Gasteiger partial charge on any atom is -0.372 e. The van der Waals surface area contributed by atoms with Gasteiger partial charge in [0.1, 0.15) is 0 Å². The number of hydrazone groups is 1. The predicted molar refractivity (Wildman–Crippen MR) is 143 cm³/mol. The van der Waals surface area contributed by atoms with Crippen LogP contribution in [-0.2, 0) is 10.4 Å². The first kappa shape index (κ1) is 24.7. The van der Waals surface area contributed by atoms with E-state index in [1.54, 1.807) is 54.7 Å². The summed E-state index contributed by atoms with van der Waals surface area (Å²) < 4.78 is 0. The Balaban J connectivity index is 1.62. The number of aliphatic hydroxyl groups is 1. The van der Waals surface area contributed by atoms with Gasteiger partial charge in [-0.15, -0.1) is 0 Å². The fourth-order valence-electron chi connectivity index (χ4n) is 5.42. The Morgan fingerprint density at radius 2 is 1.69 bits per heavy atom. The van der Waals surface area contributed by atoms with Crippen molar-refractivity contribution in [3.8, 4) is 0 Å². The van der Waals surface area contributed by atoms with Crippen molar-refractivity contribution in [2.45, 2.75) is 58.1 Å². The van der Waals surface area contributed by atoms with Crippen molar-refractivity contribution in [1.29, 1.82) is 0 Å². The average Bonchev–Trinajstić information content (AvgIpc) is 2.85. The molecule has 0 spiro atoms. The third-order valence-electron chi connectivity index (χ3n) is 7.17. The summed E-state index contributed by atoms with van der Waals surface area (Å²) in [4.78, 5) is 15.8. The second-order valence-corrected chi connectivity index (χ2v) is 10.1. The number of amides is 1. The number of nitrogens with zero attached hydrogens (tertiary/aromatic N) is 2. The van der Waals surface area contributed by atoms with E-state index >= 15 is 0 Å². The number of fused-ring (bicyclic) bond motifs is 1. The zero-order valence-electron chi connectivity index (χ0n) is 21.2. The Morgan fingerprint density at radius 1 is 1.11 bits per heavy atom. The molecule has 2 N–H and O–H groups in total. The van der Waals surface area contributed by atoms with Crippen molar-refractivity contribution < 1.29 is 9.90 Å². The van der Waals surface area contributed by atoms with Crippen LogP contribution < -0.4 is 10.3 Å². The van der Waals surface area contributed by atoms with Gasteiger partial charge >= 0.3 is 0 Å². The number of carbonyl (C=O) groups is 1. The van der Waals surface area contributed by atoms with Crippen molar-refractivity contribution in [2.24, 2.45) is 5.10 Å². The van der Waals surface area contributed by atoms with Gasteiger partial charge in [-0.2, -0.15) is 5.10 Å². The Hall–Kier alpha value is -3.44. The van der Waals surface area contributed by atoms with Crippen molar-refractivity contribution in [1.82, 2.24) is 5.43 Å². The van der Waals surface area contributed by atoms with Gasteiger partial charge in [-0.1, -0.05) is 67.6 Å². The molecule has 5 heteroatoms. The van der Waals surface area contributed by atoms with E-state index in [1.807, 2.05) is 12.1 Å². The Morgan fingerprint density at radius 3 is 2.23 bits per heavy atom. The number of nitrogens with one attached hydrogen (secondary N) is 1. The fraction of sp³-hybridized carbons (Fsp3) is 0.333. The van der Waals surface area contributed by atoms with E-state index in [2.05, 4.69) is 62.2 Å². The Labute approximate surface area is 208 Å². The summed E-state index contributed by atoms with van der Waals surface area (Å²) in [6.07, 6.45) is 2.75. The van der Waals surface area contributed by atoms with E-state index in [4.69, 9.17) is 0 Å². The van der Waals surface area contributed by atoms with E-state index in [0.717, 1.165) is 24.1 Å². The molecule has 1 atom stereocenters. The first-order valence-corrected chi connectivity index (χ1v) is 12.3. The molecule has 0 saturated heterocycles. The zero-order valence-corrected chi connectivity index (χ0v) is 21.2. The monoisotopic (exact) mass is 469 g/mol. The highest BCUT2D eigenvalue weighted by Gasteiger charge is 2.40. The number of benzene rings is 3. The van der Waals surface area contributed by atoms with Gasteiger partial charge in [-0.05, 0) is 80.0 Å². The molecular formula is C30H35N3O2. The molecule has 1 amide bonds. The maximum atomic E-state index is 13.3. The molecule has 0 unspecified atom stereocenters. The average molecular weight is 470 g/mol. The minimum absolute atomic E-state index is 0.108. The van der Waals surface area contributed by atoms with Gasteiger partial charge in [0.2, 0.25) is 0 Å². The molecule has 1 aliphatic rings. The lowest BCUT2D eigenvalue weighted by molar-refractivity contribution is -0.136. The molecule has 3 aromatic carbocycles. The molecule has 0 bridgehead atoms. The standard InChI is InChI=1S/C30H35N3O2/c1-6-33-27-17-21(2)23(18-26(27)22(3)19-29(33,4)5)20-31-32-28(34)30(35,24-13-9-7-10-14-24)25-15-11-8-12-16-25/h7-18,20,22,35H,6,19H2,1-5H3,(H,32,34)/b31-20-/t22-/m0/s1. The van der Waals surface area contributed by atoms with Crippen LogP contribution in [0.2, 0.25) is 0 Å². The Bertz CT molecular complexity index is 1180. The lowest BCUT2D eigenvalue weighted by atomic mass is 9.79. The van der Waals surface area contributed by atoms with Gasteiger partial charge in [-0.25, -0.2) is 5.43 Å². The number of carbonyl (C=O) groups excluding carboxylic acids is 1. The molecule has 1 heterocycles. The maximum absolute atomic E-state index is 13.3. The molecule has 4 rings (SSSR count). The molecule has 5 nitrogen and oxygen atoms in total. The van der Waals surface area contributed by atoms with Crippen LogP contribution in [0.5, 0.6) is 0 Å². The van der Waals surface area contributed by atoms with Gasteiger partial charge in [0.05, 0.1) is 6.21 Å². The summed E-state index contributed by atoms with van der Waals surface area (Å²) in [5.74, 6) is -0.180. The summed E-state index contributed by atoms with van der Waals surface area (Å²) in [5, 5.41) is 15.8. The third kappa shape index (κ3) is 4.61. The summed E-state index contributed by atoms with van der Waals surface area (Å²) >= 11 is 0. The topological polar surface area (TPSA) is 64.9 Å². The van der Waals surface area contributed by atoms with Crippen LogP contribution in [0.1, 0.15) is 67.9 Å². The number of rotatable bonds is 6. The van der Waals surface area contributed by atoms with E-state index in [9.17, 15) is 9.90 Å². The second-order valence-electron chi connectivity index (χ2n) is 10.1. The normalized spacial score (nSPS) is 17.3. The quantitative estimate of drug-likeness (QED) is 0.370. The van der Waals surface area contributed by atoms with E-state index in [0.29, 0.717) is 17.0 Å². The zero-order chi connectivity index (χ0) is 25.2. The first-order chi connectivity index (χ1) is 16.7. The highest BCUT2D eigenvalue weighted by Crippen LogP contribution is 2.44. The summed E-state index contributed by atoms with van der Waals surface area (Å²) in [6, 6.07) is 22.3. The van der Waals surface area contributed by atoms with E-state index < -0.39 is 11.5 Å². The van der Waals surface area contributed by atoms with Crippen LogP contribution >= 0.6 is 0 Å². The Kier molecular flexibility index (Phi) is 6.82. The molecule has 0 aliphatic carbocycles. The lowest BCUT2D eigenvalue weighted by Crippen LogP contribution is -2.48. The van der Waals surface area contributed by atoms with Gasteiger partial charge in [0.15, 0.2) is 5.60 Å². The van der Waals surface area contributed by atoms with Crippen molar-refractivity contribution in [3.63, 3.8) is 0 Å². The highest BCUT2D eigenvalue weighted by atomic mass is 16.3. The largest absolute Gasteiger partial charge is 0.372 e. The predicted octanol–water partition coefficient (Wildman–Crippen LogP) is 5.49. The van der Waals surface area contributed by atoms with Gasteiger partial charge in [0.25, 0.3) is 5.91 Å². The summed E-state index contributed by atoms with van der Waals surface area (Å²) in [7, 11) is 0. The number of hydrogen-bond acceptors (Lipinski definition) is 4. The molecule has 0 aromatic heterocycles. The van der Waals surface area contributed by atoms with Crippen LogP contribution in [0, 0.1) is 6.92 Å². The molecule has 1 aliphatic heterocycles. The number of anilines is 1. The molecule has 182 valence electrons. The van der Waals surface area contributed by atoms with Crippen molar-refractivity contribution >= 4 is 17.8 Å². The molecule has 3 aromatic rings. The van der Waals surface area contributed by atoms with Gasteiger partial charge < -0.3 is 10.0 Å². The first-order valence-electron chi connectivity index (χ1n) is 12.3. The second kappa shape index (κ2) is 9.67. The van der Waals surface area contributed by atoms with Crippen molar-refractivity contribution in [2.75, 3.05) is 11.4 Å². The maximum Gasteiger partial charge on any atom is 0.281 e. The van der Waals surface area contributed by atoms with Crippen LogP contribution in [0.4, 0.5) is 5.69 Å². The molecule has 0 saturated carbocycles. The summed E-state index contributed by atoms with van der Waals surface area (Å²) in [6.45, 7) is 12.1. The number of hydrogen-bond donors (Lipinski definition) is 2. The smallest absolute Gasteiger partial charge is 0.281 e. The number of aryl methyl sites for hydroxylation is 1. The lowest BCUT2D eigenvalue weighted by Gasteiger charge is -2.47. The van der Waals surface area contributed by atoms with Gasteiger partial charge in [-0.3, -0.25) is 4.79 Å². The van der Waals surface area contributed by atoms with E-state index in [-0.39, 0.29) is 5.54 Å². The van der Waals surface area contributed by atoms with Gasteiger partial charge in [0, 0.05) is 17.8 Å². The SMILES string of the molecule is CCN1c2cc(C)c(/C=N\NC(=O)C(O)(c3ccccc3)c3ccccc3)cc2[C@@H](C)CC1(C)C. The minimum atomic E-state index is -1.85. The molecule has 0 radical (unpaired) electrons.